The van der Waals surface area contributed by atoms with E-state index in [-0.39, 0.29) is 37.1 Å². The van der Waals surface area contributed by atoms with E-state index in [1.54, 1.807) is 13.0 Å². The van der Waals surface area contributed by atoms with Gasteiger partial charge in [-0.1, -0.05) is 0 Å². The summed E-state index contributed by atoms with van der Waals surface area (Å²) in [7, 11) is 0. The predicted octanol–water partition coefficient (Wildman–Crippen LogP) is 2.92. The summed E-state index contributed by atoms with van der Waals surface area (Å²) in [6.07, 6.45) is 0. The number of hydrogen-bond donors (Lipinski definition) is 3. The van der Waals surface area contributed by atoms with Gasteiger partial charge < -0.3 is 20.9 Å². The van der Waals surface area contributed by atoms with Crippen LogP contribution in [0.4, 0.5) is 8.78 Å². The molecule has 0 aliphatic carbocycles. The first-order chi connectivity index (χ1) is 17.0. The highest BCUT2D eigenvalue weighted by atomic mass is 19.1. The van der Waals surface area contributed by atoms with E-state index in [0.717, 1.165) is 12.1 Å². The molecular formula is C26H24F2N4O4. The van der Waals surface area contributed by atoms with Gasteiger partial charge in [0, 0.05) is 18.1 Å². The van der Waals surface area contributed by atoms with E-state index < -0.39 is 34.5 Å². The third-order valence-electron chi connectivity index (χ3n) is 6.23. The Balaban J connectivity index is 0.00000380. The van der Waals surface area contributed by atoms with Gasteiger partial charge in [0.1, 0.15) is 46.8 Å². The third-order valence-corrected chi connectivity index (χ3v) is 6.23. The fourth-order valence-corrected chi connectivity index (χ4v) is 3.86. The number of rotatable bonds is 6. The molecule has 1 aromatic heterocycles. The SMILES string of the molecule is C[C@](O)(CNC(=O)c1ccc(F)c(C#N)c1)c1cc2c(c(-c3ccc(F)cc3)n1)OC[C@]2(C)C(N)=O.[HH]. The zero-order valence-corrected chi connectivity index (χ0v) is 19.4. The van der Waals surface area contributed by atoms with Crippen molar-refractivity contribution in [3.8, 4) is 23.1 Å². The van der Waals surface area contributed by atoms with Crippen LogP contribution in [0.25, 0.3) is 11.3 Å². The van der Waals surface area contributed by atoms with Crippen LogP contribution in [0.1, 0.15) is 42.5 Å². The number of nitriles is 1. The van der Waals surface area contributed by atoms with Crippen molar-refractivity contribution in [2.45, 2.75) is 24.9 Å². The lowest BCUT2D eigenvalue weighted by Gasteiger charge is -2.26. The number of aliphatic hydroxyl groups is 1. The summed E-state index contributed by atoms with van der Waals surface area (Å²) in [5, 5.41) is 22.8. The number of fused-ring (bicyclic) bond motifs is 1. The van der Waals surface area contributed by atoms with Crippen LogP contribution < -0.4 is 15.8 Å². The zero-order chi connectivity index (χ0) is 26.3. The molecule has 1 aliphatic heterocycles. The number of primary amides is 1. The smallest absolute Gasteiger partial charge is 0.251 e. The number of carbonyl (C=O) groups is 2. The first-order valence-electron chi connectivity index (χ1n) is 10.9. The highest BCUT2D eigenvalue weighted by molar-refractivity contribution is 5.94. The first kappa shape index (κ1) is 24.8. The average Bonchev–Trinajstić information content (AvgIpc) is 3.21. The molecule has 1 aliphatic rings. The molecule has 36 heavy (non-hydrogen) atoms. The largest absolute Gasteiger partial charge is 0.489 e. The number of hydrogen-bond acceptors (Lipinski definition) is 6. The number of halogens is 2. The van der Waals surface area contributed by atoms with Crippen LogP contribution in [0.5, 0.6) is 5.75 Å². The number of carbonyl (C=O) groups excluding carboxylic acids is 2. The fourth-order valence-electron chi connectivity index (χ4n) is 3.86. The maximum absolute atomic E-state index is 13.6. The molecule has 4 rings (SSSR count). The Morgan fingerprint density at radius 1 is 1.28 bits per heavy atom. The molecule has 0 radical (unpaired) electrons. The molecule has 0 bridgehead atoms. The van der Waals surface area contributed by atoms with Gasteiger partial charge in [-0.05, 0) is 62.4 Å². The molecule has 4 N–H and O–H groups in total. The standard InChI is InChI=1S/C26H22F2N4O4.H2/c1-25(24(30)34)13-36-22-18(25)10-20(32-21(22)14-3-6-17(27)7-4-14)26(2,35)12-31-23(33)15-5-8-19(28)16(9-15)11-29;/h3-10,35H,12-13H2,1-2H3,(H2,30,34)(H,31,33);1H/t25-,26-;/m0./s1. The van der Waals surface area contributed by atoms with Crippen molar-refractivity contribution < 1.29 is 29.6 Å². The van der Waals surface area contributed by atoms with Crippen molar-refractivity contribution in [2.75, 3.05) is 13.2 Å². The number of ether oxygens (including phenoxy) is 1. The molecule has 2 amide bonds. The number of nitrogens with one attached hydrogen (secondary N) is 1. The van der Waals surface area contributed by atoms with Gasteiger partial charge in [-0.3, -0.25) is 9.59 Å². The van der Waals surface area contributed by atoms with Crippen molar-refractivity contribution in [2.24, 2.45) is 5.73 Å². The maximum atomic E-state index is 13.6. The quantitative estimate of drug-likeness (QED) is 0.482. The molecular weight excluding hydrogens is 470 g/mol. The Kier molecular flexibility index (Phi) is 6.20. The van der Waals surface area contributed by atoms with Crippen molar-refractivity contribution in [3.63, 3.8) is 0 Å². The minimum Gasteiger partial charge on any atom is -0.489 e. The monoisotopic (exact) mass is 494 g/mol. The molecule has 8 nitrogen and oxygen atoms in total. The molecule has 10 heteroatoms. The van der Waals surface area contributed by atoms with Crippen LogP contribution in [0, 0.1) is 23.0 Å². The zero-order valence-electron chi connectivity index (χ0n) is 19.4. The van der Waals surface area contributed by atoms with Gasteiger partial charge in [0.25, 0.3) is 5.91 Å². The van der Waals surface area contributed by atoms with Crippen LogP contribution in [-0.2, 0) is 15.8 Å². The van der Waals surface area contributed by atoms with Crippen LogP contribution in [0.15, 0.2) is 48.5 Å². The second-order valence-corrected chi connectivity index (χ2v) is 8.99. The van der Waals surface area contributed by atoms with Crippen molar-refractivity contribution >= 4 is 11.8 Å². The number of aromatic nitrogens is 1. The molecule has 2 heterocycles. The Morgan fingerprint density at radius 3 is 2.61 bits per heavy atom. The molecule has 0 unspecified atom stereocenters. The van der Waals surface area contributed by atoms with Gasteiger partial charge in [0.2, 0.25) is 5.91 Å². The maximum Gasteiger partial charge on any atom is 0.251 e. The van der Waals surface area contributed by atoms with Crippen LogP contribution in [0.2, 0.25) is 0 Å². The second kappa shape index (κ2) is 9.02. The topological polar surface area (TPSA) is 138 Å². The van der Waals surface area contributed by atoms with Gasteiger partial charge in [-0.2, -0.15) is 5.26 Å². The number of nitrogens with zero attached hydrogens (tertiary/aromatic N) is 2. The van der Waals surface area contributed by atoms with Crippen molar-refractivity contribution in [1.82, 2.24) is 10.3 Å². The van der Waals surface area contributed by atoms with Gasteiger partial charge in [0.05, 0.1) is 17.8 Å². The lowest BCUT2D eigenvalue weighted by atomic mass is 9.82. The lowest BCUT2D eigenvalue weighted by Crippen LogP contribution is -2.41. The van der Waals surface area contributed by atoms with E-state index in [1.807, 2.05) is 0 Å². The number of pyridine rings is 1. The molecule has 0 saturated carbocycles. The summed E-state index contributed by atoms with van der Waals surface area (Å²) in [5.74, 6) is -2.19. The Hall–Kier alpha value is -4.36. The van der Waals surface area contributed by atoms with E-state index in [2.05, 4.69) is 10.3 Å². The second-order valence-electron chi connectivity index (χ2n) is 8.99. The van der Waals surface area contributed by atoms with Gasteiger partial charge >= 0.3 is 0 Å². The molecule has 186 valence electrons. The van der Waals surface area contributed by atoms with E-state index in [9.17, 15) is 23.5 Å². The fraction of sp³-hybridized carbons (Fsp3) is 0.231. The minimum absolute atomic E-state index is 0. The Labute approximate surface area is 206 Å². The molecule has 0 fully saturated rings. The number of amides is 2. The van der Waals surface area contributed by atoms with Crippen LogP contribution in [-0.4, -0.2) is 35.1 Å². The highest BCUT2D eigenvalue weighted by Crippen LogP contribution is 2.45. The molecule has 2 aromatic carbocycles. The molecule has 0 saturated heterocycles. The van der Waals surface area contributed by atoms with Gasteiger partial charge in [0.15, 0.2) is 0 Å². The summed E-state index contributed by atoms with van der Waals surface area (Å²) in [6.45, 7) is 2.67. The van der Waals surface area contributed by atoms with E-state index in [0.29, 0.717) is 16.9 Å². The summed E-state index contributed by atoms with van der Waals surface area (Å²) in [5.41, 5.74) is 3.73. The van der Waals surface area contributed by atoms with Crippen LogP contribution >= 0.6 is 0 Å². The van der Waals surface area contributed by atoms with Gasteiger partial charge in [-0.25, -0.2) is 13.8 Å². The van der Waals surface area contributed by atoms with Crippen LogP contribution in [0.3, 0.4) is 0 Å². The van der Waals surface area contributed by atoms with Crippen molar-refractivity contribution in [1.29, 1.82) is 5.26 Å². The molecule has 3 aromatic rings. The predicted molar refractivity (Wildman–Crippen MR) is 127 cm³/mol. The first-order valence-corrected chi connectivity index (χ1v) is 10.9. The Morgan fingerprint density at radius 2 is 1.97 bits per heavy atom. The van der Waals surface area contributed by atoms with E-state index in [4.69, 9.17) is 15.7 Å². The number of nitrogens with two attached hydrogens (primary N) is 1. The van der Waals surface area contributed by atoms with Crippen molar-refractivity contribution in [3.05, 3.63) is 82.5 Å². The van der Waals surface area contributed by atoms with Gasteiger partial charge in [-0.15, -0.1) is 0 Å². The Bertz CT molecular complexity index is 1420. The van der Waals surface area contributed by atoms with E-state index in [1.165, 1.54) is 43.3 Å². The lowest BCUT2D eigenvalue weighted by molar-refractivity contribution is -0.123. The molecule has 0 spiro atoms. The summed E-state index contributed by atoms with van der Waals surface area (Å²) in [6, 6.07) is 12.0. The highest BCUT2D eigenvalue weighted by Gasteiger charge is 2.45. The molecule has 2 atom stereocenters. The summed E-state index contributed by atoms with van der Waals surface area (Å²) < 4.78 is 32.9. The number of benzene rings is 2. The third kappa shape index (κ3) is 4.36. The minimum atomic E-state index is -1.74. The summed E-state index contributed by atoms with van der Waals surface area (Å²) >= 11 is 0. The average molecular weight is 494 g/mol. The summed E-state index contributed by atoms with van der Waals surface area (Å²) in [4.78, 5) is 29.4. The van der Waals surface area contributed by atoms with E-state index >= 15 is 0 Å². The normalized spacial score (nSPS) is 17.9.